The maximum Gasteiger partial charge on any atom is 0.202 e. The van der Waals surface area contributed by atoms with Gasteiger partial charge in [-0.05, 0) is 25.3 Å². The molecule has 0 radical (unpaired) electrons. The second-order valence-corrected chi connectivity index (χ2v) is 5.79. The van der Waals surface area contributed by atoms with Crippen molar-refractivity contribution in [2.45, 2.75) is 47.5 Å². The van der Waals surface area contributed by atoms with E-state index in [4.69, 9.17) is 0 Å². The molecule has 0 saturated heterocycles. The molecule has 2 heterocycles. The SMILES string of the molecule is Cc1c(C)[n+](C)c(C)c2c1c(C(C)C)c(C)n2C. The summed E-state index contributed by atoms with van der Waals surface area (Å²) in [5.74, 6) is 0.568. The summed E-state index contributed by atoms with van der Waals surface area (Å²) < 4.78 is 4.66. The summed E-state index contributed by atoms with van der Waals surface area (Å²) in [6.07, 6.45) is 0. The van der Waals surface area contributed by atoms with Gasteiger partial charge in [0.15, 0.2) is 5.69 Å². The van der Waals surface area contributed by atoms with Gasteiger partial charge in [0.25, 0.3) is 0 Å². The molecule has 0 bridgehead atoms. The minimum Gasteiger partial charge on any atom is -0.343 e. The molecular formula is C16H25N2+. The summed E-state index contributed by atoms with van der Waals surface area (Å²) in [7, 11) is 4.35. The molecule has 0 atom stereocenters. The number of fused-ring (bicyclic) bond motifs is 1. The zero-order chi connectivity index (χ0) is 13.8. The lowest BCUT2D eigenvalue weighted by molar-refractivity contribution is -0.682. The predicted octanol–water partition coefficient (Wildman–Crippen LogP) is 3.36. The third kappa shape index (κ3) is 1.51. The first-order chi connectivity index (χ1) is 8.29. The number of hydrogen-bond acceptors (Lipinski definition) is 0. The van der Waals surface area contributed by atoms with Gasteiger partial charge in [-0.25, -0.2) is 4.57 Å². The summed E-state index contributed by atoms with van der Waals surface area (Å²) in [4.78, 5) is 0. The molecule has 0 saturated carbocycles. The lowest BCUT2D eigenvalue weighted by Crippen LogP contribution is -2.37. The van der Waals surface area contributed by atoms with E-state index in [1.807, 2.05) is 0 Å². The molecule has 0 N–H and O–H groups in total. The van der Waals surface area contributed by atoms with Crippen molar-refractivity contribution in [3.05, 3.63) is 28.2 Å². The van der Waals surface area contributed by atoms with Crippen LogP contribution in [-0.4, -0.2) is 4.57 Å². The second kappa shape index (κ2) is 4.11. The van der Waals surface area contributed by atoms with Crippen LogP contribution in [0.2, 0.25) is 0 Å². The Balaban J connectivity index is 3.11. The van der Waals surface area contributed by atoms with Gasteiger partial charge in [-0.1, -0.05) is 13.8 Å². The van der Waals surface area contributed by atoms with Crippen molar-refractivity contribution in [1.29, 1.82) is 0 Å². The van der Waals surface area contributed by atoms with E-state index in [2.05, 4.69) is 64.8 Å². The van der Waals surface area contributed by atoms with E-state index in [0.717, 1.165) is 0 Å². The van der Waals surface area contributed by atoms with Gasteiger partial charge in [-0.2, -0.15) is 0 Å². The Bertz CT molecular complexity index is 631. The molecule has 18 heavy (non-hydrogen) atoms. The maximum atomic E-state index is 2.35. The molecule has 0 unspecified atom stereocenters. The number of rotatable bonds is 1. The lowest BCUT2D eigenvalue weighted by Gasteiger charge is -2.09. The molecule has 2 nitrogen and oxygen atoms in total. The Labute approximate surface area is 110 Å². The highest BCUT2D eigenvalue weighted by Crippen LogP contribution is 2.34. The number of pyridine rings is 1. The van der Waals surface area contributed by atoms with Crippen molar-refractivity contribution in [1.82, 2.24) is 4.57 Å². The largest absolute Gasteiger partial charge is 0.343 e. The quantitative estimate of drug-likeness (QED) is 0.681. The van der Waals surface area contributed by atoms with Gasteiger partial charge in [0.05, 0.1) is 0 Å². The van der Waals surface area contributed by atoms with Gasteiger partial charge in [0.2, 0.25) is 5.69 Å². The van der Waals surface area contributed by atoms with Gasteiger partial charge >= 0.3 is 0 Å². The fraction of sp³-hybridized carbons (Fsp3) is 0.562. The maximum absolute atomic E-state index is 2.35. The zero-order valence-corrected chi connectivity index (χ0v) is 13.0. The first kappa shape index (κ1) is 13.1. The summed E-state index contributed by atoms with van der Waals surface area (Å²) in [5, 5.41) is 1.47. The van der Waals surface area contributed by atoms with Crippen molar-refractivity contribution >= 4 is 10.9 Å². The molecule has 0 spiro atoms. The summed E-state index contributed by atoms with van der Waals surface area (Å²) >= 11 is 0. The molecule has 2 heteroatoms. The normalized spacial score (nSPS) is 11.8. The Morgan fingerprint density at radius 1 is 1.00 bits per heavy atom. The number of aryl methyl sites for hydroxylation is 3. The highest BCUT2D eigenvalue weighted by molar-refractivity contribution is 5.90. The zero-order valence-electron chi connectivity index (χ0n) is 13.0. The minimum atomic E-state index is 0.568. The van der Waals surface area contributed by atoms with E-state index in [1.54, 1.807) is 0 Å². The van der Waals surface area contributed by atoms with Crippen LogP contribution in [0, 0.1) is 27.7 Å². The Hall–Kier alpha value is -1.31. The molecule has 0 amide bonds. The summed E-state index contributed by atoms with van der Waals surface area (Å²) in [5.41, 5.74) is 8.44. The van der Waals surface area contributed by atoms with Crippen LogP contribution in [0.1, 0.15) is 48.0 Å². The molecule has 0 aliphatic carbocycles. The van der Waals surface area contributed by atoms with E-state index >= 15 is 0 Å². The standard InChI is InChI=1S/C16H25N2/c1-9(2)14-12(5)18(8)16-13(6)17(7)11(4)10(3)15(14)16/h9H,1-8H3/q+1. The van der Waals surface area contributed by atoms with Crippen LogP contribution < -0.4 is 4.57 Å². The Morgan fingerprint density at radius 3 is 2.06 bits per heavy atom. The number of hydrogen-bond donors (Lipinski definition) is 0. The fourth-order valence-electron chi connectivity index (χ4n) is 3.18. The average Bonchev–Trinajstić information content (AvgIpc) is 2.57. The molecular weight excluding hydrogens is 220 g/mol. The summed E-state index contributed by atoms with van der Waals surface area (Å²) in [6, 6.07) is 0. The van der Waals surface area contributed by atoms with Crippen LogP contribution >= 0.6 is 0 Å². The number of aromatic nitrogens is 2. The molecule has 2 aromatic rings. The van der Waals surface area contributed by atoms with Gasteiger partial charge in [-0.15, -0.1) is 0 Å². The third-order valence-electron chi connectivity index (χ3n) is 4.58. The van der Waals surface area contributed by atoms with E-state index in [-0.39, 0.29) is 0 Å². The Morgan fingerprint density at radius 2 is 1.56 bits per heavy atom. The lowest BCUT2D eigenvalue weighted by atomic mass is 9.96. The van der Waals surface area contributed by atoms with Gasteiger partial charge in [-0.3, -0.25) is 0 Å². The highest BCUT2D eigenvalue weighted by atomic mass is 15.0. The van der Waals surface area contributed by atoms with Crippen molar-refractivity contribution < 1.29 is 4.57 Å². The van der Waals surface area contributed by atoms with Gasteiger partial charge in [0, 0.05) is 37.5 Å². The first-order valence-electron chi connectivity index (χ1n) is 6.73. The third-order valence-corrected chi connectivity index (χ3v) is 4.58. The molecule has 2 rings (SSSR count). The van der Waals surface area contributed by atoms with E-state index in [0.29, 0.717) is 5.92 Å². The second-order valence-electron chi connectivity index (χ2n) is 5.79. The molecule has 0 aromatic carbocycles. The highest BCUT2D eigenvalue weighted by Gasteiger charge is 2.24. The molecule has 98 valence electrons. The van der Waals surface area contributed by atoms with Crippen LogP contribution in [0.15, 0.2) is 0 Å². The predicted molar refractivity (Wildman–Crippen MR) is 77.1 cm³/mol. The smallest absolute Gasteiger partial charge is 0.202 e. The van der Waals surface area contributed by atoms with Crippen molar-refractivity contribution in [3.63, 3.8) is 0 Å². The van der Waals surface area contributed by atoms with Crippen molar-refractivity contribution in [3.8, 4) is 0 Å². The number of nitrogens with zero attached hydrogens (tertiary/aromatic N) is 2. The van der Waals surface area contributed by atoms with Crippen molar-refractivity contribution in [2.24, 2.45) is 14.1 Å². The molecule has 2 aromatic heterocycles. The Kier molecular flexibility index (Phi) is 3.00. The summed E-state index contributed by atoms with van der Waals surface area (Å²) in [6.45, 7) is 13.5. The van der Waals surface area contributed by atoms with Crippen LogP contribution in [0.25, 0.3) is 10.9 Å². The fourth-order valence-corrected chi connectivity index (χ4v) is 3.18. The van der Waals surface area contributed by atoms with Gasteiger partial charge in [0.1, 0.15) is 12.6 Å². The van der Waals surface area contributed by atoms with E-state index in [9.17, 15) is 0 Å². The monoisotopic (exact) mass is 245 g/mol. The van der Waals surface area contributed by atoms with Crippen molar-refractivity contribution in [2.75, 3.05) is 0 Å². The van der Waals surface area contributed by atoms with Crippen LogP contribution in [0.5, 0.6) is 0 Å². The van der Waals surface area contributed by atoms with Gasteiger partial charge < -0.3 is 4.57 Å². The molecule has 0 aliphatic heterocycles. The van der Waals surface area contributed by atoms with E-state index < -0.39 is 0 Å². The average molecular weight is 245 g/mol. The van der Waals surface area contributed by atoms with E-state index in [1.165, 1.54) is 39.1 Å². The van der Waals surface area contributed by atoms with Crippen LogP contribution in [0.4, 0.5) is 0 Å². The topological polar surface area (TPSA) is 8.81 Å². The minimum absolute atomic E-state index is 0.568. The molecule has 0 fully saturated rings. The van der Waals surface area contributed by atoms with Crippen LogP contribution in [0.3, 0.4) is 0 Å². The van der Waals surface area contributed by atoms with Crippen LogP contribution in [-0.2, 0) is 14.1 Å². The molecule has 0 aliphatic rings. The first-order valence-corrected chi connectivity index (χ1v) is 6.73.